The Morgan fingerprint density at radius 3 is 2.62 bits per heavy atom. The van der Waals surface area contributed by atoms with Gasteiger partial charge in [0, 0.05) is 17.7 Å². The molecular formula is C17H12N2O5. The number of non-ortho nitro benzene ring substituents is 1. The lowest BCUT2D eigenvalue weighted by molar-refractivity contribution is -0.384. The summed E-state index contributed by atoms with van der Waals surface area (Å²) in [4.78, 5) is 26.3. The SMILES string of the molecule is COc1cccc(/C=C2/N=C(c3ccc([N+](=O)[O-])cc3)OC2=O)c1. The number of hydrogen-bond donors (Lipinski definition) is 0. The van der Waals surface area contributed by atoms with Gasteiger partial charge in [0.05, 0.1) is 12.0 Å². The van der Waals surface area contributed by atoms with E-state index < -0.39 is 10.9 Å². The molecular weight excluding hydrogens is 312 g/mol. The maximum Gasteiger partial charge on any atom is 0.363 e. The fraction of sp³-hybridized carbons (Fsp3) is 0.0588. The van der Waals surface area contributed by atoms with E-state index in [2.05, 4.69) is 4.99 Å². The van der Waals surface area contributed by atoms with Gasteiger partial charge in [0.25, 0.3) is 5.69 Å². The monoisotopic (exact) mass is 324 g/mol. The zero-order chi connectivity index (χ0) is 17.1. The van der Waals surface area contributed by atoms with Crippen LogP contribution in [0.1, 0.15) is 11.1 Å². The molecule has 0 radical (unpaired) electrons. The van der Waals surface area contributed by atoms with Crippen LogP contribution in [0.2, 0.25) is 0 Å². The van der Waals surface area contributed by atoms with Crippen molar-refractivity contribution in [3.8, 4) is 5.75 Å². The van der Waals surface area contributed by atoms with Gasteiger partial charge in [-0.1, -0.05) is 12.1 Å². The molecule has 0 fully saturated rings. The summed E-state index contributed by atoms with van der Waals surface area (Å²) >= 11 is 0. The Morgan fingerprint density at radius 1 is 1.21 bits per heavy atom. The normalized spacial score (nSPS) is 15.1. The van der Waals surface area contributed by atoms with Gasteiger partial charge in [-0.05, 0) is 35.9 Å². The Balaban J connectivity index is 1.89. The summed E-state index contributed by atoms with van der Waals surface area (Å²) in [6.45, 7) is 0. The van der Waals surface area contributed by atoms with E-state index in [1.165, 1.54) is 24.3 Å². The Morgan fingerprint density at radius 2 is 1.96 bits per heavy atom. The molecule has 1 heterocycles. The predicted octanol–water partition coefficient (Wildman–Crippen LogP) is 2.95. The number of carbonyl (C=O) groups is 1. The molecule has 0 saturated heterocycles. The molecule has 120 valence electrons. The molecule has 7 nitrogen and oxygen atoms in total. The first kappa shape index (κ1) is 15.4. The molecule has 24 heavy (non-hydrogen) atoms. The van der Waals surface area contributed by atoms with Crippen molar-refractivity contribution in [2.75, 3.05) is 7.11 Å². The van der Waals surface area contributed by atoms with E-state index in [9.17, 15) is 14.9 Å². The third kappa shape index (κ3) is 3.14. The van der Waals surface area contributed by atoms with Crippen molar-refractivity contribution in [2.45, 2.75) is 0 Å². The van der Waals surface area contributed by atoms with Crippen molar-refractivity contribution >= 4 is 23.6 Å². The number of nitro benzene ring substituents is 1. The van der Waals surface area contributed by atoms with Gasteiger partial charge < -0.3 is 9.47 Å². The second kappa shape index (κ2) is 6.33. The molecule has 0 saturated carbocycles. The third-order valence-corrected chi connectivity index (χ3v) is 3.34. The molecule has 0 N–H and O–H groups in total. The minimum absolute atomic E-state index is 0.0455. The topological polar surface area (TPSA) is 91.0 Å². The van der Waals surface area contributed by atoms with E-state index >= 15 is 0 Å². The molecule has 0 atom stereocenters. The van der Waals surface area contributed by atoms with Gasteiger partial charge in [0.2, 0.25) is 5.90 Å². The zero-order valence-electron chi connectivity index (χ0n) is 12.6. The van der Waals surface area contributed by atoms with E-state index in [1.54, 1.807) is 31.4 Å². The van der Waals surface area contributed by atoms with Crippen molar-refractivity contribution in [1.29, 1.82) is 0 Å². The zero-order valence-corrected chi connectivity index (χ0v) is 12.6. The van der Waals surface area contributed by atoms with Crippen LogP contribution in [-0.2, 0) is 9.53 Å². The fourth-order valence-electron chi connectivity index (χ4n) is 2.15. The summed E-state index contributed by atoms with van der Waals surface area (Å²) in [6, 6.07) is 12.8. The number of carbonyl (C=O) groups excluding carboxylic acids is 1. The van der Waals surface area contributed by atoms with Crippen LogP contribution in [0, 0.1) is 10.1 Å². The number of ether oxygens (including phenoxy) is 2. The van der Waals surface area contributed by atoms with Crippen LogP contribution in [0.3, 0.4) is 0 Å². The second-order valence-electron chi connectivity index (χ2n) is 4.92. The molecule has 1 aliphatic heterocycles. The van der Waals surface area contributed by atoms with Gasteiger partial charge in [0.1, 0.15) is 5.75 Å². The van der Waals surface area contributed by atoms with Gasteiger partial charge in [-0.25, -0.2) is 9.79 Å². The lowest BCUT2D eigenvalue weighted by Gasteiger charge is -2.00. The standard InChI is InChI=1S/C17H12N2O5/c1-23-14-4-2-3-11(9-14)10-15-17(20)24-16(18-15)12-5-7-13(8-6-12)19(21)22/h2-10H,1H3/b15-10+. The van der Waals surface area contributed by atoms with Crippen molar-refractivity contribution in [3.63, 3.8) is 0 Å². The summed E-state index contributed by atoms with van der Waals surface area (Å²) < 4.78 is 10.3. The first-order valence-electron chi connectivity index (χ1n) is 6.98. The van der Waals surface area contributed by atoms with E-state index in [1.807, 2.05) is 6.07 Å². The number of hydrogen-bond acceptors (Lipinski definition) is 6. The van der Waals surface area contributed by atoms with Crippen LogP contribution in [0.4, 0.5) is 5.69 Å². The molecule has 2 aromatic carbocycles. The first-order valence-corrected chi connectivity index (χ1v) is 6.98. The highest BCUT2D eigenvalue weighted by molar-refractivity contribution is 6.12. The molecule has 7 heteroatoms. The molecule has 0 aromatic heterocycles. The maximum atomic E-state index is 11.9. The van der Waals surface area contributed by atoms with Gasteiger partial charge >= 0.3 is 5.97 Å². The minimum atomic E-state index is -0.578. The van der Waals surface area contributed by atoms with Crippen LogP contribution in [0.25, 0.3) is 6.08 Å². The number of rotatable bonds is 4. The van der Waals surface area contributed by atoms with E-state index in [4.69, 9.17) is 9.47 Å². The Hall–Kier alpha value is -3.48. The van der Waals surface area contributed by atoms with Crippen molar-refractivity contribution in [2.24, 2.45) is 4.99 Å². The number of cyclic esters (lactones) is 1. The maximum absolute atomic E-state index is 11.9. The first-order chi connectivity index (χ1) is 11.6. The highest BCUT2D eigenvalue weighted by Gasteiger charge is 2.24. The highest BCUT2D eigenvalue weighted by Crippen LogP contribution is 2.22. The lowest BCUT2D eigenvalue weighted by atomic mass is 10.2. The molecule has 1 aliphatic rings. The number of nitro groups is 1. The Kier molecular flexibility index (Phi) is 4.07. The summed E-state index contributed by atoms with van der Waals surface area (Å²) in [6.07, 6.45) is 1.59. The van der Waals surface area contributed by atoms with Crippen molar-refractivity contribution < 1.29 is 19.2 Å². The fourth-order valence-corrected chi connectivity index (χ4v) is 2.15. The van der Waals surface area contributed by atoms with Crippen LogP contribution < -0.4 is 4.74 Å². The molecule has 0 unspecified atom stereocenters. The average Bonchev–Trinajstić information content (AvgIpc) is 2.96. The minimum Gasteiger partial charge on any atom is -0.497 e. The van der Waals surface area contributed by atoms with Crippen LogP contribution in [0.15, 0.2) is 59.2 Å². The number of nitrogens with zero attached hydrogens (tertiary/aromatic N) is 2. The van der Waals surface area contributed by atoms with Gasteiger partial charge in [-0.2, -0.15) is 0 Å². The van der Waals surface area contributed by atoms with Crippen LogP contribution in [-0.4, -0.2) is 23.9 Å². The Labute approximate surface area is 137 Å². The molecule has 0 aliphatic carbocycles. The summed E-state index contributed by atoms with van der Waals surface area (Å²) in [5, 5.41) is 10.7. The van der Waals surface area contributed by atoms with Gasteiger partial charge in [0.15, 0.2) is 5.70 Å². The summed E-state index contributed by atoms with van der Waals surface area (Å²) in [5.41, 5.74) is 1.34. The highest BCUT2D eigenvalue weighted by atomic mass is 16.6. The van der Waals surface area contributed by atoms with Gasteiger partial charge in [-0.3, -0.25) is 10.1 Å². The lowest BCUT2D eigenvalue weighted by Crippen LogP contribution is -2.05. The quantitative estimate of drug-likeness (QED) is 0.373. The molecule has 2 aromatic rings. The second-order valence-corrected chi connectivity index (χ2v) is 4.92. The predicted molar refractivity (Wildman–Crippen MR) is 86.7 cm³/mol. The molecule has 0 amide bonds. The molecule has 3 rings (SSSR count). The Bertz CT molecular complexity index is 869. The van der Waals surface area contributed by atoms with E-state index in [-0.39, 0.29) is 17.3 Å². The third-order valence-electron chi connectivity index (χ3n) is 3.34. The van der Waals surface area contributed by atoms with Crippen molar-refractivity contribution in [3.05, 3.63) is 75.5 Å². The average molecular weight is 324 g/mol. The molecule has 0 spiro atoms. The van der Waals surface area contributed by atoms with Crippen LogP contribution >= 0.6 is 0 Å². The number of aliphatic imine (C=N–C) groups is 1. The molecule has 0 bridgehead atoms. The van der Waals surface area contributed by atoms with E-state index in [0.29, 0.717) is 11.3 Å². The largest absolute Gasteiger partial charge is 0.497 e. The smallest absolute Gasteiger partial charge is 0.363 e. The summed E-state index contributed by atoms with van der Waals surface area (Å²) in [5.74, 6) is 0.200. The number of benzene rings is 2. The van der Waals surface area contributed by atoms with E-state index in [0.717, 1.165) is 5.56 Å². The number of esters is 1. The summed E-state index contributed by atoms with van der Waals surface area (Å²) in [7, 11) is 1.56. The van der Waals surface area contributed by atoms with Crippen LogP contribution in [0.5, 0.6) is 5.75 Å². The number of methoxy groups -OCH3 is 1. The van der Waals surface area contributed by atoms with Gasteiger partial charge in [-0.15, -0.1) is 0 Å². The van der Waals surface area contributed by atoms with Crippen molar-refractivity contribution in [1.82, 2.24) is 0 Å².